The number of hydrogen-bond donors (Lipinski definition) is 1. The van der Waals surface area contributed by atoms with E-state index in [0.29, 0.717) is 40.7 Å². The number of benzene rings is 2. The number of urea groups is 1. The lowest BCUT2D eigenvalue weighted by Crippen LogP contribution is -2.46. The second-order valence-electron chi connectivity index (χ2n) is 8.20. The van der Waals surface area contributed by atoms with Gasteiger partial charge in [0.05, 0.1) is 11.6 Å². The van der Waals surface area contributed by atoms with E-state index in [-0.39, 0.29) is 23.6 Å². The average molecular weight is 438 g/mol. The third-order valence-electron chi connectivity index (χ3n) is 5.49. The van der Waals surface area contributed by atoms with Crippen LogP contribution in [0.3, 0.4) is 0 Å². The van der Waals surface area contributed by atoms with Gasteiger partial charge in [0.2, 0.25) is 5.82 Å². The molecule has 0 bridgehead atoms. The molecule has 1 aromatic heterocycles. The number of allylic oxidation sites excluding steroid dienone is 1. The van der Waals surface area contributed by atoms with Crippen molar-refractivity contribution in [1.82, 2.24) is 20.4 Å². The van der Waals surface area contributed by atoms with Crippen molar-refractivity contribution >= 4 is 11.6 Å². The van der Waals surface area contributed by atoms with Crippen molar-refractivity contribution in [1.29, 1.82) is 0 Å². The van der Waals surface area contributed by atoms with Gasteiger partial charge < -0.3 is 9.84 Å². The van der Waals surface area contributed by atoms with Crippen molar-refractivity contribution in [2.45, 2.75) is 33.2 Å². The highest BCUT2D eigenvalue weighted by Gasteiger charge is 2.35. The molecule has 0 saturated heterocycles. The number of halogens is 2. The van der Waals surface area contributed by atoms with Crippen LogP contribution in [0.15, 0.2) is 58.8 Å². The van der Waals surface area contributed by atoms with E-state index >= 15 is 0 Å². The molecule has 8 heteroatoms. The van der Waals surface area contributed by atoms with E-state index < -0.39 is 6.04 Å². The molecule has 166 valence electrons. The molecule has 0 spiro atoms. The summed E-state index contributed by atoms with van der Waals surface area (Å²) >= 11 is 0. The van der Waals surface area contributed by atoms with Crippen LogP contribution in [0.5, 0.6) is 0 Å². The SMILES string of the molecule is CC1=C(c2nc(-c3ccc(F)cc3)no2)C(c2ccc(F)cc2)NC(=O)N1CCC(C)C. The molecule has 1 unspecified atom stereocenters. The predicted molar refractivity (Wildman–Crippen MR) is 116 cm³/mol. The first-order valence-electron chi connectivity index (χ1n) is 10.5. The lowest BCUT2D eigenvalue weighted by Gasteiger charge is -2.35. The summed E-state index contributed by atoms with van der Waals surface area (Å²) < 4.78 is 32.4. The minimum atomic E-state index is -0.583. The van der Waals surface area contributed by atoms with Gasteiger partial charge in [-0.15, -0.1) is 0 Å². The Balaban J connectivity index is 1.78. The number of carbonyl (C=O) groups is 1. The van der Waals surface area contributed by atoms with Crippen LogP contribution in [0.4, 0.5) is 13.6 Å². The standard InChI is InChI=1S/C24H24F2N4O2/c1-14(2)12-13-30-15(3)20(21(27-24(30)31)16-4-8-18(25)9-5-16)23-28-22(29-32-23)17-6-10-19(26)11-7-17/h4-11,14,21H,12-13H2,1-3H3,(H,27,31). The van der Waals surface area contributed by atoms with E-state index in [4.69, 9.17) is 4.52 Å². The zero-order valence-electron chi connectivity index (χ0n) is 18.1. The largest absolute Gasteiger partial charge is 0.334 e. The Morgan fingerprint density at radius 2 is 1.69 bits per heavy atom. The third kappa shape index (κ3) is 4.39. The maximum absolute atomic E-state index is 13.5. The highest BCUT2D eigenvalue weighted by Crippen LogP contribution is 2.37. The van der Waals surface area contributed by atoms with Gasteiger partial charge >= 0.3 is 6.03 Å². The second-order valence-corrected chi connectivity index (χ2v) is 8.20. The second kappa shape index (κ2) is 8.90. The molecule has 1 N–H and O–H groups in total. The van der Waals surface area contributed by atoms with Crippen molar-refractivity contribution in [2.24, 2.45) is 5.92 Å². The van der Waals surface area contributed by atoms with E-state index in [0.717, 1.165) is 6.42 Å². The van der Waals surface area contributed by atoms with Gasteiger partial charge in [-0.2, -0.15) is 4.98 Å². The van der Waals surface area contributed by atoms with Gasteiger partial charge in [-0.3, -0.25) is 4.90 Å². The molecule has 2 heterocycles. The summed E-state index contributed by atoms with van der Waals surface area (Å²) in [5.74, 6) is 0.244. The van der Waals surface area contributed by atoms with Crippen LogP contribution < -0.4 is 5.32 Å². The summed E-state index contributed by atoms with van der Waals surface area (Å²) in [5, 5.41) is 7.04. The first kappa shape index (κ1) is 21.7. The molecule has 4 rings (SSSR count). The number of hydrogen-bond acceptors (Lipinski definition) is 4. The number of aromatic nitrogens is 2. The molecule has 2 amide bonds. The lowest BCUT2D eigenvalue weighted by atomic mass is 9.94. The molecule has 1 aliphatic rings. The van der Waals surface area contributed by atoms with Crippen LogP contribution in [-0.2, 0) is 0 Å². The van der Waals surface area contributed by atoms with Crippen LogP contribution in [0.25, 0.3) is 17.0 Å². The topological polar surface area (TPSA) is 71.3 Å². The van der Waals surface area contributed by atoms with Crippen LogP contribution >= 0.6 is 0 Å². The highest BCUT2D eigenvalue weighted by molar-refractivity contribution is 5.86. The van der Waals surface area contributed by atoms with Crippen molar-refractivity contribution in [3.05, 3.63) is 77.3 Å². The van der Waals surface area contributed by atoms with Gasteiger partial charge in [0.25, 0.3) is 5.89 Å². The molecule has 1 aliphatic heterocycles. The highest BCUT2D eigenvalue weighted by atomic mass is 19.1. The molecule has 0 radical (unpaired) electrons. The average Bonchev–Trinajstić information content (AvgIpc) is 3.23. The Bertz CT molecular complexity index is 1140. The van der Waals surface area contributed by atoms with E-state index in [2.05, 4.69) is 29.3 Å². The lowest BCUT2D eigenvalue weighted by molar-refractivity contribution is 0.202. The van der Waals surface area contributed by atoms with Crippen molar-refractivity contribution < 1.29 is 18.1 Å². The molecule has 0 fully saturated rings. The maximum atomic E-state index is 13.5. The summed E-state index contributed by atoms with van der Waals surface area (Å²) in [4.78, 5) is 19.1. The van der Waals surface area contributed by atoms with Gasteiger partial charge in [-0.1, -0.05) is 31.1 Å². The molecule has 0 aliphatic carbocycles. The molecule has 6 nitrogen and oxygen atoms in total. The maximum Gasteiger partial charge on any atom is 0.322 e. The summed E-state index contributed by atoms with van der Waals surface area (Å²) in [6.45, 7) is 6.56. The van der Waals surface area contributed by atoms with Crippen LogP contribution in [0, 0.1) is 17.6 Å². The first-order valence-corrected chi connectivity index (χ1v) is 10.5. The normalized spacial score (nSPS) is 16.6. The number of amides is 2. The number of carbonyl (C=O) groups excluding carboxylic acids is 1. The summed E-state index contributed by atoms with van der Waals surface area (Å²) in [6, 6.07) is 10.9. The first-order chi connectivity index (χ1) is 15.3. The van der Waals surface area contributed by atoms with Gasteiger partial charge in [0.15, 0.2) is 0 Å². The van der Waals surface area contributed by atoms with E-state index in [1.807, 2.05) is 6.92 Å². The molecule has 32 heavy (non-hydrogen) atoms. The summed E-state index contributed by atoms with van der Waals surface area (Å²) in [7, 11) is 0. The molecule has 2 aromatic carbocycles. The van der Waals surface area contributed by atoms with Gasteiger partial charge in [0, 0.05) is 17.8 Å². The Hall–Kier alpha value is -3.55. The van der Waals surface area contributed by atoms with Gasteiger partial charge in [0.1, 0.15) is 11.6 Å². The minimum Gasteiger partial charge on any atom is -0.334 e. The van der Waals surface area contributed by atoms with Crippen molar-refractivity contribution in [3.63, 3.8) is 0 Å². The van der Waals surface area contributed by atoms with Crippen molar-refractivity contribution in [3.8, 4) is 11.4 Å². The predicted octanol–water partition coefficient (Wildman–Crippen LogP) is 5.56. The Kier molecular flexibility index (Phi) is 6.03. The molecule has 1 atom stereocenters. The third-order valence-corrected chi connectivity index (χ3v) is 5.49. The van der Waals surface area contributed by atoms with Crippen molar-refractivity contribution in [2.75, 3.05) is 6.54 Å². The zero-order valence-corrected chi connectivity index (χ0v) is 18.1. The van der Waals surface area contributed by atoms with Gasteiger partial charge in [-0.05, 0) is 61.2 Å². The molecule has 3 aromatic rings. The molecular weight excluding hydrogens is 414 g/mol. The number of nitrogens with zero attached hydrogens (tertiary/aromatic N) is 3. The summed E-state index contributed by atoms with van der Waals surface area (Å²) in [6.07, 6.45) is 0.823. The molecule has 0 saturated carbocycles. The fourth-order valence-electron chi connectivity index (χ4n) is 3.67. The summed E-state index contributed by atoms with van der Waals surface area (Å²) in [5.41, 5.74) is 2.63. The Morgan fingerprint density at radius 1 is 1.06 bits per heavy atom. The quantitative estimate of drug-likeness (QED) is 0.547. The van der Waals surface area contributed by atoms with Crippen LogP contribution in [-0.4, -0.2) is 27.6 Å². The monoisotopic (exact) mass is 438 g/mol. The minimum absolute atomic E-state index is 0.237. The Labute approximate surface area is 184 Å². The number of rotatable bonds is 6. The fraction of sp³-hybridized carbons (Fsp3) is 0.292. The van der Waals surface area contributed by atoms with E-state index in [1.54, 1.807) is 29.2 Å². The smallest absolute Gasteiger partial charge is 0.322 e. The van der Waals surface area contributed by atoms with E-state index in [1.165, 1.54) is 24.3 Å². The Morgan fingerprint density at radius 3 is 2.31 bits per heavy atom. The molecular formula is C24H24F2N4O2. The van der Waals surface area contributed by atoms with Gasteiger partial charge in [-0.25, -0.2) is 13.6 Å². The van der Waals surface area contributed by atoms with Crippen LogP contribution in [0.1, 0.15) is 44.7 Å². The van der Waals surface area contributed by atoms with E-state index in [9.17, 15) is 13.6 Å². The zero-order chi connectivity index (χ0) is 22.8. The number of nitrogens with one attached hydrogen (secondary N) is 1. The fourth-order valence-corrected chi connectivity index (χ4v) is 3.67. The van der Waals surface area contributed by atoms with Crippen LogP contribution in [0.2, 0.25) is 0 Å².